The molecule has 1 aromatic carbocycles. The monoisotopic (exact) mass is 219 g/mol. The molecule has 1 atom stereocenters. The molecule has 0 spiro atoms. The molecule has 1 aliphatic rings. The van der Waals surface area contributed by atoms with Crippen LogP contribution in [0.3, 0.4) is 0 Å². The third-order valence-corrected chi connectivity index (χ3v) is 3.15. The first-order valence-corrected chi connectivity index (χ1v) is 5.72. The maximum absolute atomic E-state index is 11.7. The third-order valence-electron chi connectivity index (χ3n) is 3.15. The number of amides is 1. The quantitative estimate of drug-likeness (QED) is 0.814. The molecule has 1 aliphatic carbocycles. The SMILES string of the molecule is CC(C(=O)NCc1ccc(O)cc1)C1CC1. The fourth-order valence-electron chi connectivity index (χ4n) is 1.77. The molecule has 0 bridgehead atoms. The van der Waals surface area contributed by atoms with Crippen molar-refractivity contribution in [1.29, 1.82) is 0 Å². The Morgan fingerprint density at radius 3 is 2.62 bits per heavy atom. The topological polar surface area (TPSA) is 49.3 Å². The fourth-order valence-corrected chi connectivity index (χ4v) is 1.77. The minimum atomic E-state index is 0.135. The number of benzene rings is 1. The smallest absolute Gasteiger partial charge is 0.223 e. The van der Waals surface area contributed by atoms with Gasteiger partial charge in [0.1, 0.15) is 5.75 Å². The first-order valence-electron chi connectivity index (χ1n) is 5.72. The van der Waals surface area contributed by atoms with E-state index in [2.05, 4.69) is 5.32 Å². The van der Waals surface area contributed by atoms with Gasteiger partial charge in [-0.05, 0) is 36.5 Å². The van der Waals surface area contributed by atoms with Crippen molar-refractivity contribution in [2.24, 2.45) is 11.8 Å². The van der Waals surface area contributed by atoms with E-state index in [-0.39, 0.29) is 17.6 Å². The van der Waals surface area contributed by atoms with Crippen LogP contribution in [0.2, 0.25) is 0 Å². The summed E-state index contributed by atoms with van der Waals surface area (Å²) in [6.07, 6.45) is 2.38. The molecule has 0 radical (unpaired) electrons. The predicted octanol–water partition coefficient (Wildman–Crippen LogP) is 2.05. The van der Waals surface area contributed by atoms with Gasteiger partial charge in [0.15, 0.2) is 0 Å². The second kappa shape index (κ2) is 4.56. The fraction of sp³-hybridized carbons (Fsp3) is 0.462. The standard InChI is InChI=1S/C13H17NO2/c1-9(11-4-5-11)13(16)14-8-10-2-6-12(15)7-3-10/h2-3,6-7,9,11,15H,4-5,8H2,1H3,(H,14,16). The number of rotatable bonds is 4. The summed E-state index contributed by atoms with van der Waals surface area (Å²) in [5, 5.41) is 12.0. The predicted molar refractivity (Wildman–Crippen MR) is 61.8 cm³/mol. The van der Waals surface area contributed by atoms with Crippen LogP contribution in [0.5, 0.6) is 5.75 Å². The lowest BCUT2D eigenvalue weighted by Gasteiger charge is -2.10. The molecule has 1 amide bonds. The molecule has 2 N–H and O–H groups in total. The second-order valence-electron chi connectivity index (χ2n) is 4.51. The van der Waals surface area contributed by atoms with Crippen molar-refractivity contribution >= 4 is 5.91 Å². The Morgan fingerprint density at radius 1 is 1.44 bits per heavy atom. The van der Waals surface area contributed by atoms with E-state index in [1.54, 1.807) is 12.1 Å². The van der Waals surface area contributed by atoms with Crippen molar-refractivity contribution in [3.05, 3.63) is 29.8 Å². The molecule has 16 heavy (non-hydrogen) atoms. The molecule has 86 valence electrons. The molecular formula is C13H17NO2. The summed E-state index contributed by atoms with van der Waals surface area (Å²) in [4.78, 5) is 11.7. The number of phenols is 1. The Bertz CT molecular complexity index is 368. The van der Waals surface area contributed by atoms with E-state index in [0.717, 1.165) is 5.56 Å². The first kappa shape index (κ1) is 11.0. The molecular weight excluding hydrogens is 202 g/mol. The van der Waals surface area contributed by atoms with Gasteiger partial charge in [-0.1, -0.05) is 19.1 Å². The van der Waals surface area contributed by atoms with Crippen LogP contribution in [-0.2, 0) is 11.3 Å². The molecule has 1 unspecified atom stereocenters. The van der Waals surface area contributed by atoms with Crippen molar-refractivity contribution in [3.63, 3.8) is 0 Å². The van der Waals surface area contributed by atoms with Crippen molar-refractivity contribution < 1.29 is 9.90 Å². The maximum Gasteiger partial charge on any atom is 0.223 e. The Hall–Kier alpha value is -1.51. The van der Waals surface area contributed by atoms with E-state index in [9.17, 15) is 4.79 Å². The average molecular weight is 219 g/mol. The number of nitrogens with one attached hydrogen (secondary N) is 1. The van der Waals surface area contributed by atoms with Gasteiger partial charge >= 0.3 is 0 Å². The summed E-state index contributed by atoms with van der Waals surface area (Å²) in [7, 11) is 0. The van der Waals surface area contributed by atoms with Crippen LogP contribution in [0.4, 0.5) is 0 Å². The van der Waals surface area contributed by atoms with Gasteiger partial charge in [0, 0.05) is 12.5 Å². The Kier molecular flexibility index (Phi) is 3.13. The summed E-state index contributed by atoms with van der Waals surface area (Å²) in [6.45, 7) is 2.53. The molecule has 0 aromatic heterocycles. The lowest BCUT2D eigenvalue weighted by molar-refractivity contribution is -0.125. The van der Waals surface area contributed by atoms with Crippen molar-refractivity contribution in [2.45, 2.75) is 26.3 Å². The van der Waals surface area contributed by atoms with Gasteiger partial charge in [0.2, 0.25) is 5.91 Å². The number of aromatic hydroxyl groups is 1. The zero-order valence-electron chi connectivity index (χ0n) is 9.44. The number of carbonyl (C=O) groups is 1. The second-order valence-corrected chi connectivity index (χ2v) is 4.51. The molecule has 3 nitrogen and oxygen atoms in total. The highest BCUT2D eigenvalue weighted by atomic mass is 16.3. The van der Waals surface area contributed by atoms with Crippen molar-refractivity contribution in [3.8, 4) is 5.75 Å². The zero-order valence-corrected chi connectivity index (χ0v) is 9.44. The molecule has 1 fully saturated rings. The van der Waals surface area contributed by atoms with Gasteiger partial charge in [-0.15, -0.1) is 0 Å². The van der Waals surface area contributed by atoms with Gasteiger partial charge in [-0.2, -0.15) is 0 Å². The van der Waals surface area contributed by atoms with Crippen LogP contribution in [0.1, 0.15) is 25.3 Å². The minimum Gasteiger partial charge on any atom is -0.508 e. The van der Waals surface area contributed by atoms with Crippen molar-refractivity contribution in [1.82, 2.24) is 5.32 Å². The van der Waals surface area contributed by atoms with E-state index < -0.39 is 0 Å². The summed E-state index contributed by atoms with van der Waals surface area (Å²) < 4.78 is 0. The Balaban J connectivity index is 1.82. The van der Waals surface area contributed by atoms with E-state index in [0.29, 0.717) is 12.5 Å². The summed E-state index contributed by atoms with van der Waals surface area (Å²) in [5.74, 6) is 1.12. The summed E-state index contributed by atoms with van der Waals surface area (Å²) in [6, 6.07) is 6.90. The number of carbonyl (C=O) groups excluding carboxylic acids is 1. The van der Waals surface area contributed by atoms with Gasteiger partial charge < -0.3 is 10.4 Å². The third kappa shape index (κ3) is 2.75. The highest BCUT2D eigenvalue weighted by molar-refractivity contribution is 5.78. The highest BCUT2D eigenvalue weighted by Crippen LogP contribution is 2.36. The molecule has 3 heteroatoms. The van der Waals surface area contributed by atoms with Gasteiger partial charge in [-0.25, -0.2) is 0 Å². The Morgan fingerprint density at radius 2 is 2.06 bits per heavy atom. The zero-order chi connectivity index (χ0) is 11.5. The van der Waals surface area contributed by atoms with E-state index in [4.69, 9.17) is 5.11 Å². The van der Waals surface area contributed by atoms with Crippen LogP contribution >= 0.6 is 0 Å². The van der Waals surface area contributed by atoms with Gasteiger partial charge in [-0.3, -0.25) is 4.79 Å². The largest absolute Gasteiger partial charge is 0.508 e. The van der Waals surface area contributed by atoms with Crippen LogP contribution in [0.15, 0.2) is 24.3 Å². The molecule has 0 aliphatic heterocycles. The van der Waals surface area contributed by atoms with Crippen LogP contribution < -0.4 is 5.32 Å². The van der Waals surface area contributed by atoms with Gasteiger partial charge in [0.05, 0.1) is 0 Å². The molecule has 1 saturated carbocycles. The van der Waals surface area contributed by atoms with Gasteiger partial charge in [0.25, 0.3) is 0 Å². The van der Waals surface area contributed by atoms with E-state index in [1.807, 2.05) is 19.1 Å². The van der Waals surface area contributed by atoms with Crippen molar-refractivity contribution in [2.75, 3.05) is 0 Å². The summed E-state index contributed by atoms with van der Waals surface area (Å²) in [5.41, 5.74) is 1.01. The molecule has 2 rings (SSSR count). The number of hydrogen-bond donors (Lipinski definition) is 2. The van der Waals surface area contributed by atoms with E-state index in [1.165, 1.54) is 12.8 Å². The van der Waals surface area contributed by atoms with Crippen LogP contribution in [-0.4, -0.2) is 11.0 Å². The minimum absolute atomic E-state index is 0.135. The van der Waals surface area contributed by atoms with Crippen LogP contribution in [0, 0.1) is 11.8 Å². The molecule has 0 saturated heterocycles. The van der Waals surface area contributed by atoms with E-state index >= 15 is 0 Å². The summed E-state index contributed by atoms with van der Waals surface area (Å²) >= 11 is 0. The first-order chi connectivity index (χ1) is 7.66. The lowest BCUT2D eigenvalue weighted by Crippen LogP contribution is -2.29. The lowest BCUT2D eigenvalue weighted by atomic mass is 10.1. The molecule has 1 aromatic rings. The normalized spacial score (nSPS) is 16.8. The Labute approximate surface area is 95.5 Å². The maximum atomic E-state index is 11.7. The number of hydrogen-bond acceptors (Lipinski definition) is 2. The average Bonchev–Trinajstić information content (AvgIpc) is 3.11. The number of phenolic OH excluding ortho intramolecular Hbond substituents is 1. The highest BCUT2D eigenvalue weighted by Gasteiger charge is 2.32. The molecule has 0 heterocycles. The van der Waals surface area contributed by atoms with Crippen LogP contribution in [0.25, 0.3) is 0 Å².